The molecule has 1 N–H and O–H groups in total. The first-order chi connectivity index (χ1) is 9.42. The number of anilines is 1. The van der Waals surface area contributed by atoms with Crippen LogP contribution in [-0.4, -0.2) is 44.6 Å². The SMILES string of the molecule is CCN1CC(C(=O)Nc2nc(C(C)C)nn2C)CC1=O. The van der Waals surface area contributed by atoms with Gasteiger partial charge >= 0.3 is 0 Å². The van der Waals surface area contributed by atoms with Crippen LogP contribution in [0.2, 0.25) is 0 Å². The van der Waals surface area contributed by atoms with E-state index in [0.29, 0.717) is 24.9 Å². The second-order valence-corrected chi connectivity index (χ2v) is 5.39. The minimum Gasteiger partial charge on any atom is -0.342 e. The van der Waals surface area contributed by atoms with Gasteiger partial charge in [-0.15, -0.1) is 0 Å². The van der Waals surface area contributed by atoms with Gasteiger partial charge in [0.2, 0.25) is 17.8 Å². The van der Waals surface area contributed by atoms with Crippen LogP contribution in [0.1, 0.15) is 38.9 Å². The molecule has 1 aliphatic rings. The highest BCUT2D eigenvalue weighted by atomic mass is 16.2. The minimum atomic E-state index is -0.304. The molecule has 110 valence electrons. The molecule has 0 radical (unpaired) electrons. The zero-order valence-electron chi connectivity index (χ0n) is 12.4. The molecule has 0 aliphatic carbocycles. The summed E-state index contributed by atoms with van der Waals surface area (Å²) < 4.78 is 1.56. The average Bonchev–Trinajstić information content (AvgIpc) is 2.93. The van der Waals surface area contributed by atoms with Gasteiger partial charge in [-0.3, -0.25) is 14.9 Å². The first-order valence-electron chi connectivity index (χ1n) is 6.92. The largest absolute Gasteiger partial charge is 0.342 e. The maximum atomic E-state index is 12.2. The Morgan fingerprint density at radius 3 is 2.70 bits per heavy atom. The number of carbonyl (C=O) groups excluding carboxylic acids is 2. The van der Waals surface area contributed by atoms with Crippen LogP contribution in [0.4, 0.5) is 5.95 Å². The molecule has 1 saturated heterocycles. The molecule has 20 heavy (non-hydrogen) atoms. The average molecular weight is 279 g/mol. The highest BCUT2D eigenvalue weighted by Crippen LogP contribution is 2.19. The first kappa shape index (κ1) is 14.5. The third kappa shape index (κ3) is 2.81. The number of nitrogens with one attached hydrogen (secondary N) is 1. The molecule has 0 spiro atoms. The van der Waals surface area contributed by atoms with Crippen molar-refractivity contribution in [2.45, 2.75) is 33.1 Å². The van der Waals surface area contributed by atoms with Crippen molar-refractivity contribution >= 4 is 17.8 Å². The zero-order valence-corrected chi connectivity index (χ0v) is 12.4. The standard InChI is InChI=1S/C13H21N5O2/c1-5-18-7-9(6-10(18)19)12(20)15-13-14-11(8(2)3)16-17(13)4/h8-9H,5-7H2,1-4H3,(H,14,15,16,20). The predicted octanol–water partition coefficient (Wildman–Crippen LogP) is 0.745. The molecule has 7 heteroatoms. The number of aromatic nitrogens is 3. The molecule has 2 rings (SSSR count). The fraction of sp³-hybridized carbons (Fsp3) is 0.692. The topological polar surface area (TPSA) is 80.1 Å². The summed E-state index contributed by atoms with van der Waals surface area (Å²) in [6, 6.07) is 0. The lowest BCUT2D eigenvalue weighted by Crippen LogP contribution is -2.28. The Morgan fingerprint density at radius 1 is 1.50 bits per heavy atom. The quantitative estimate of drug-likeness (QED) is 0.881. The van der Waals surface area contributed by atoms with Crippen LogP contribution in [0.5, 0.6) is 0 Å². The van der Waals surface area contributed by atoms with Crippen molar-refractivity contribution in [2.24, 2.45) is 13.0 Å². The summed E-state index contributed by atoms with van der Waals surface area (Å²) in [4.78, 5) is 29.8. The molecule has 0 aromatic carbocycles. The normalized spacial score (nSPS) is 18.9. The smallest absolute Gasteiger partial charge is 0.232 e. The van der Waals surface area contributed by atoms with E-state index in [9.17, 15) is 9.59 Å². The number of hydrogen-bond donors (Lipinski definition) is 1. The highest BCUT2D eigenvalue weighted by Gasteiger charge is 2.33. The minimum absolute atomic E-state index is 0.0356. The van der Waals surface area contributed by atoms with Crippen LogP contribution in [0, 0.1) is 5.92 Å². The molecule has 1 aromatic heterocycles. The van der Waals surface area contributed by atoms with Crippen molar-refractivity contribution in [3.63, 3.8) is 0 Å². The van der Waals surface area contributed by atoms with Gasteiger partial charge in [0.15, 0.2) is 5.82 Å². The van der Waals surface area contributed by atoms with Crippen LogP contribution < -0.4 is 5.32 Å². The Bertz CT molecular complexity index is 523. The number of nitrogens with zero attached hydrogens (tertiary/aromatic N) is 4. The van der Waals surface area contributed by atoms with Gasteiger partial charge in [-0.1, -0.05) is 13.8 Å². The lowest BCUT2D eigenvalue weighted by Gasteiger charge is -2.13. The molecular formula is C13H21N5O2. The first-order valence-corrected chi connectivity index (χ1v) is 6.92. The summed E-state index contributed by atoms with van der Waals surface area (Å²) in [6.45, 7) is 7.03. The number of amides is 2. The van der Waals surface area contributed by atoms with Crippen LogP contribution in [0.15, 0.2) is 0 Å². The van der Waals surface area contributed by atoms with Gasteiger partial charge in [0.1, 0.15) is 0 Å². The number of likely N-dealkylation sites (tertiary alicyclic amines) is 1. The van der Waals surface area contributed by atoms with Crippen molar-refractivity contribution in [3.05, 3.63) is 5.82 Å². The number of hydrogen-bond acceptors (Lipinski definition) is 4. The summed E-state index contributed by atoms with van der Waals surface area (Å²) in [5, 5.41) is 7.01. The molecule has 2 heterocycles. The van der Waals surface area contributed by atoms with Crippen molar-refractivity contribution in [1.29, 1.82) is 0 Å². The van der Waals surface area contributed by atoms with E-state index in [2.05, 4.69) is 15.4 Å². The molecule has 1 aliphatic heterocycles. The third-order valence-corrected chi connectivity index (χ3v) is 3.50. The second-order valence-electron chi connectivity index (χ2n) is 5.39. The Labute approximate surface area is 118 Å². The van der Waals surface area contributed by atoms with Crippen molar-refractivity contribution in [2.75, 3.05) is 18.4 Å². The van der Waals surface area contributed by atoms with Gasteiger partial charge in [0.25, 0.3) is 0 Å². The van der Waals surface area contributed by atoms with Gasteiger partial charge in [0, 0.05) is 32.5 Å². The molecule has 2 amide bonds. The fourth-order valence-corrected chi connectivity index (χ4v) is 2.22. The molecule has 1 fully saturated rings. The van der Waals surface area contributed by atoms with E-state index < -0.39 is 0 Å². The molecule has 1 atom stereocenters. The van der Waals surface area contributed by atoms with E-state index >= 15 is 0 Å². The van der Waals surface area contributed by atoms with Gasteiger partial charge in [-0.2, -0.15) is 10.1 Å². The van der Waals surface area contributed by atoms with Crippen molar-refractivity contribution in [1.82, 2.24) is 19.7 Å². The Hall–Kier alpha value is -1.92. The lowest BCUT2D eigenvalue weighted by molar-refractivity contribution is -0.128. The molecular weight excluding hydrogens is 258 g/mol. The monoisotopic (exact) mass is 279 g/mol. The molecule has 7 nitrogen and oxygen atoms in total. The van der Waals surface area contributed by atoms with E-state index in [-0.39, 0.29) is 30.1 Å². The van der Waals surface area contributed by atoms with Crippen LogP contribution in [0.3, 0.4) is 0 Å². The van der Waals surface area contributed by atoms with Gasteiger partial charge in [0.05, 0.1) is 5.92 Å². The van der Waals surface area contributed by atoms with E-state index in [1.54, 1.807) is 16.6 Å². The van der Waals surface area contributed by atoms with Crippen LogP contribution in [0.25, 0.3) is 0 Å². The number of aryl methyl sites for hydroxylation is 1. The molecule has 0 saturated carbocycles. The maximum Gasteiger partial charge on any atom is 0.232 e. The fourth-order valence-electron chi connectivity index (χ4n) is 2.22. The predicted molar refractivity (Wildman–Crippen MR) is 74.1 cm³/mol. The van der Waals surface area contributed by atoms with E-state index in [0.717, 1.165) is 0 Å². The van der Waals surface area contributed by atoms with Gasteiger partial charge in [-0.25, -0.2) is 4.68 Å². The summed E-state index contributed by atoms with van der Waals surface area (Å²) in [7, 11) is 1.74. The van der Waals surface area contributed by atoms with Crippen LogP contribution >= 0.6 is 0 Å². The highest BCUT2D eigenvalue weighted by molar-refractivity contribution is 5.96. The number of rotatable bonds is 4. The third-order valence-electron chi connectivity index (χ3n) is 3.50. The second kappa shape index (κ2) is 5.60. The summed E-state index contributed by atoms with van der Waals surface area (Å²) in [5.74, 6) is 0.896. The Morgan fingerprint density at radius 2 is 2.20 bits per heavy atom. The van der Waals surface area contributed by atoms with Crippen LogP contribution in [-0.2, 0) is 16.6 Å². The van der Waals surface area contributed by atoms with E-state index in [1.807, 2.05) is 20.8 Å². The van der Waals surface area contributed by atoms with E-state index in [4.69, 9.17) is 0 Å². The Kier molecular flexibility index (Phi) is 4.06. The molecule has 1 aromatic rings. The van der Waals surface area contributed by atoms with Gasteiger partial charge in [-0.05, 0) is 6.92 Å². The molecule has 1 unspecified atom stereocenters. The van der Waals surface area contributed by atoms with Crippen molar-refractivity contribution < 1.29 is 9.59 Å². The zero-order chi connectivity index (χ0) is 14.9. The lowest BCUT2D eigenvalue weighted by atomic mass is 10.1. The summed E-state index contributed by atoms with van der Waals surface area (Å²) in [6.07, 6.45) is 0.272. The maximum absolute atomic E-state index is 12.2. The van der Waals surface area contributed by atoms with Gasteiger partial charge < -0.3 is 4.90 Å². The van der Waals surface area contributed by atoms with Crippen molar-refractivity contribution in [3.8, 4) is 0 Å². The molecule has 0 bridgehead atoms. The Balaban J connectivity index is 2.03. The number of carbonyl (C=O) groups is 2. The summed E-state index contributed by atoms with van der Waals surface area (Å²) in [5.41, 5.74) is 0. The van der Waals surface area contributed by atoms with E-state index in [1.165, 1.54) is 0 Å². The summed E-state index contributed by atoms with van der Waals surface area (Å²) >= 11 is 0.